The molecule has 9 heteroatoms. The van der Waals surface area contributed by atoms with Gasteiger partial charge in [-0.3, -0.25) is 4.98 Å². The van der Waals surface area contributed by atoms with Crippen molar-refractivity contribution in [3.05, 3.63) is 41.5 Å². The molecule has 0 saturated carbocycles. The molecule has 3 heterocycles. The maximum Gasteiger partial charge on any atom is 0.433 e. The van der Waals surface area contributed by atoms with E-state index in [0.29, 0.717) is 12.2 Å². The molecule has 0 aliphatic carbocycles. The Morgan fingerprint density at radius 2 is 2.00 bits per heavy atom. The molecule has 0 bridgehead atoms. The summed E-state index contributed by atoms with van der Waals surface area (Å²) in [6, 6.07) is 2.69. The summed E-state index contributed by atoms with van der Waals surface area (Å²) >= 11 is 1.12. The number of nitrogens with two attached hydrogens (primary N) is 1. The van der Waals surface area contributed by atoms with Crippen LogP contribution in [0.5, 0.6) is 0 Å². The smallest absolute Gasteiger partial charge is 0.433 e. The quantitative estimate of drug-likeness (QED) is 0.499. The molecule has 5 nitrogen and oxygen atoms in total. The van der Waals surface area contributed by atoms with E-state index < -0.39 is 11.9 Å². The van der Waals surface area contributed by atoms with Gasteiger partial charge in [0.2, 0.25) is 0 Å². The molecule has 0 radical (unpaired) electrons. The highest BCUT2D eigenvalue weighted by Crippen LogP contribution is 2.30. The second-order valence-corrected chi connectivity index (χ2v) is 6.80. The molecule has 3 aromatic heterocycles. The lowest BCUT2D eigenvalue weighted by molar-refractivity contribution is -0.141. The number of furan rings is 1. The Labute approximate surface area is 152 Å². The largest absolute Gasteiger partial charge is 0.462 e. The number of aryl methyl sites for hydroxylation is 2. The summed E-state index contributed by atoms with van der Waals surface area (Å²) in [6.07, 6.45) is 1.37. The third-order valence-electron chi connectivity index (χ3n) is 3.72. The van der Waals surface area contributed by atoms with Gasteiger partial charge in [0.15, 0.2) is 16.4 Å². The highest BCUT2D eigenvalue weighted by molar-refractivity contribution is 7.99. The Morgan fingerprint density at radius 3 is 2.73 bits per heavy atom. The molecule has 0 aromatic carbocycles. The molecular weight excluding hydrogens is 365 g/mol. The topological polar surface area (TPSA) is 77.8 Å². The molecular formula is C17H17F3N4OS. The van der Waals surface area contributed by atoms with Crippen LogP contribution in [0.2, 0.25) is 0 Å². The van der Waals surface area contributed by atoms with Gasteiger partial charge in [-0.2, -0.15) is 13.2 Å². The summed E-state index contributed by atoms with van der Waals surface area (Å²) in [7, 11) is 0. The molecule has 0 spiro atoms. The number of nitrogen functional groups attached to an aromatic ring is 1. The summed E-state index contributed by atoms with van der Waals surface area (Å²) in [5.41, 5.74) is 7.12. The Bertz CT molecular complexity index is 911. The average Bonchev–Trinajstić information content (AvgIpc) is 2.96. The zero-order valence-corrected chi connectivity index (χ0v) is 14.8. The van der Waals surface area contributed by atoms with Crippen LogP contribution in [-0.4, -0.2) is 20.7 Å². The minimum Gasteiger partial charge on any atom is -0.462 e. The Kier molecular flexibility index (Phi) is 5.36. The van der Waals surface area contributed by atoms with E-state index in [9.17, 15) is 13.2 Å². The molecule has 3 aromatic rings. The second-order valence-electron chi connectivity index (χ2n) is 5.74. The lowest BCUT2D eigenvalue weighted by atomic mass is 10.1. The average molecular weight is 382 g/mol. The Hall–Kier alpha value is -2.29. The number of hydrogen-bond donors (Lipinski definition) is 1. The minimum atomic E-state index is -4.55. The van der Waals surface area contributed by atoms with Crippen molar-refractivity contribution in [2.45, 2.75) is 37.5 Å². The highest BCUT2D eigenvalue weighted by atomic mass is 32.2. The van der Waals surface area contributed by atoms with E-state index in [2.05, 4.69) is 21.9 Å². The van der Waals surface area contributed by atoms with E-state index in [1.165, 1.54) is 0 Å². The number of fused-ring (bicyclic) bond motifs is 1. The maximum atomic E-state index is 12.8. The van der Waals surface area contributed by atoms with Crippen molar-refractivity contribution in [2.75, 3.05) is 11.5 Å². The first-order chi connectivity index (χ1) is 12.4. The highest BCUT2D eigenvalue weighted by Gasteiger charge is 2.33. The van der Waals surface area contributed by atoms with Gasteiger partial charge in [0.25, 0.3) is 0 Å². The predicted octanol–water partition coefficient (Wildman–Crippen LogP) is 4.51. The number of hydrogen-bond acceptors (Lipinski definition) is 6. The van der Waals surface area contributed by atoms with E-state index in [1.54, 1.807) is 12.5 Å². The first-order valence-corrected chi connectivity index (χ1v) is 9.05. The molecule has 0 aliphatic heterocycles. The predicted molar refractivity (Wildman–Crippen MR) is 93.9 cm³/mol. The van der Waals surface area contributed by atoms with Gasteiger partial charge in [0.05, 0.1) is 12.5 Å². The van der Waals surface area contributed by atoms with Crippen molar-refractivity contribution in [1.82, 2.24) is 15.0 Å². The van der Waals surface area contributed by atoms with E-state index in [1.807, 2.05) is 6.07 Å². The van der Waals surface area contributed by atoms with Gasteiger partial charge in [-0.15, -0.1) is 0 Å². The number of halogens is 3. The van der Waals surface area contributed by atoms with E-state index in [-0.39, 0.29) is 11.0 Å². The normalized spacial score (nSPS) is 12.0. The Morgan fingerprint density at radius 1 is 1.19 bits per heavy atom. The molecule has 0 unspecified atom stereocenters. The summed E-state index contributed by atoms with van der Waals surface area (Å²) in [5, 5.41) is 1.04. The fraction of sp³-hybridized carbons (Fsp3) is 0.353. The van der Waals surface area contributed by atoms with Crippen molar-refractivity contribution in [3.8, 4) is 0 Å². The van der Waals surface area contributed by atoms with Gasteiger partial charge in [-0.1, -0.05) is 25.1 Å². The number of anilines is 1. The Balaban J connectivity index is 1.69. The molecule has 0 aliphatic rings. The third kappa shape index (κ3) is 4.27. The number of nitrogens with zero attached hydrogens (tertiary/aromatic N) is 3. The molecule has 3 rings (SSSR count). The van der Waals surface area contributed by atoms with E-state index in [4.69, 9.17) is 10.2 Å². The van der Waals surface area contributed by atoms with Crippen molar-refractivity contribution in [1.29, 1.82) is 0 Å². The van der Waals surface area contributed by atoms with Crippen molar-refractivity contribution < 1.29 is 17.6 Å². The van der Waals surface area contributed by atoms with Crippen LogP contribution in [0, 0.1) is 0 Å². The summed E-state index contributed by atoms with van der Waals surface area (Å²) in [5.74, 6) is 0.289. The van der Waals surface area contributed by atoms with Crippen molar-refractivity contribution >= 4 is 28.5 Å². The van der Waals surface area contributed by atoms with Crippen molar-refractivity contribution in [2.24, 2.45) is 0 Å². The van der Waals surface area contributed by atoms with Crippen LogP contribution in [-0.2, 0) is 19.0 Å². The monoisotopic (exact) mass is 382 g/mol. The molecule has 0 fully saturated rings. The second kappa shape index (κ2) is 7.53. The van der Waals surface area contributed by atoms with Crippen LogP contribution in [0.3, 0.4) is 0 Å². The molecule has 138 valence electrons. The lowest BCUT2D eigenvalue weighted by Gasteiger charge is -2.08. The molecule has 2 N–H and O–H groups in total. The molecule has 0 atom stereocenters. The molecule has 0 saturated heterocycles. The summed E-state index contributed by atoms with van der Waals surface area (Å²) in [4.78, 5) is 11.7. The van der Waals surface area contributed by atoms with Gasteiger partial charge < -0.3 is 10.2 Å². The van der Waals surface area contributed by atoms with Gasteiger partial charge in [0, 0.05) is 22.9 Å². The summed E-state index contributed by atoms with van der Waals surface area (Å²) in [6.45, 7) is 2.10. The number of aromatic nitrogens is 3. The summed E-state index contributed by atoms with van der Waals surface area (Å²) < 4.78 is 43.8. The van der Waals surface area contributed by atoms with Gasteiger partial charge in [0.1, 0.15) is 5.82 Å². The van der Waals surface area contributed by atoms with Crippen LogP contribution in [0.1, 0.15) is 30.3 Å². The zero-order valence-electron chi connectivity index (χ0n) is 14.0. The van der Waals surface area contributed by atoms with E-state index in [0.717, 1.165) is 52.9 Å². The molecule has 26 heavy (non-hydrogen) atoms. The van der Waals surface area contributed by atoms with Crippen LogP contribution in [0.25, 0.3) is 11.0 Å². The van der Waals surface area contributed by atoms with Gasteiger partial charge >= 0.3 is 6.18 Å². The van der Waals surface area contributed by atoms with Gasteiger partial charge in [-0.05, 0) is 24.5 Å². The van der Waals surface area contributed by atoms with Crippen molar-refractivity contribution in [3.63, 3.8) is 0 Å². The van der Waals surface area contributed by atoms with Crippen LogP contribution in [0.4, 0.5) is 19.0 Å². The molecule has 0 amide bonds. The third-order valence-corrected chi connectivity index (χ3v) is 4.57. The zero-order chi connectivity index (χ0) is 18.7. The van der Waals surface area contributed by atoms with E-state index >= 15 is 0 Å². The first kappa shape index (κ1) is 18.5. The maximum absolute atomic E-state index is 12.8. The number of pyridine rings is 1. The number of alkyl halides is 3. The van der Waals surface area contributed by atoms with Crippen LogP contribution >= 0.6 is 11.8 Å². The first-order valence-electron chi connectivity index (χ1n) is 8.06. The lowest BCUT2D eigenvalue weighted by Crippen LogP contribution is -2.11. The SMILES string of the molecule is CCCc1coc2cnc(CCSc3nc(N)cc(C(F)(F)F)n3)cc12. The fourth-order valence-corrected chi connectivity index (χ4v) is 3.36. The van der Waals surface area contributed by atoms with Gasteiger partial charge in [-0.25, -0.2) is 9.97 Å². The van der Waals surface area contributed by atoms with Crippen LogP contribution < -0.4 is 5.73 Å². The fourth-order valence-electron chi connectivity index (χ4n) is 2.53. The number of rotatable bonds is 6. The minimum absolute atomic E-state index is 0.00776. The number of thioether (sulfide) groups is 1. The van der Waals surface area contributed by atoms with Crippen LogP contribution in [0.15, 0.2) is 34.2 Å². The standard InChI is InChI=1S/C17H17F3N4OS/c1-2-3-10-9-25-13-8-22-11(6-12(10)13)4-5-26-16-23-14(17(18,19)20)7-15(21)24-16/h6-9H,2-5H2,1H3,(H2,21,23,24).